The maximum Gasteiger partial charge on any atom is 0.255 e. The van der Waals surface area contributed by atoms with E-state index in [0.29, 0.717) is 29.0 Å². The zero-order valence-corrected chi connectivity index (χ0v) is 11.5. The second kappa shape index (κ2) is 4.76. The number of methoxy groups -OCH3 is 1. The van der Waals surface area contributed by atoms with Gasteiger partial charge in [0.25, 0.3) is 5.91 Å². The molecule has 0 spiro atoms. The van der Waals surface area contributed by atoms with Crippen molar-refractivity contribution in [3.8, 4) is 5.75 Å². The van der Waals surface area contributed by atoms with Gasteiger partial charge in [0.05, 0.1) is 12.7 Å². The maximum absolute atomic E-state index is 12.5. The maximum atomic E-state index is 12.5. The van der Waals surface area contributed by atoms with E-state index < -0.39 is 11.9 Å². The largest absolute Gasteiger partial charge is 0.497 e. The van der Waals surface area contributed by atoms with Gasteiger partial charge in [-0.2, -0.15) is 0 Å². The van der Waals surface area contributed by atoms with Crippen molar-refractivity contribution in [2.24, 2.45) is 0 Å². The van der Waals surface area contributed by atoms with Crippen molar-refractivity contribution in [3.63, 3.8) is 0 Å². The molecular formula is C14H15N3O4. The standard InChI is InChI=1S/C14H15N3O4/c1-21-7-4-8-9(10(15)5-7)6-17(14(8)20)11-2-3-12(18)16-13(11)19/h4-5,11H,2-3,6,15H2,1H3,(H,16,18,19). The highest BCUT2D eigenvalue weighted by atomic mass is 16.5. The van der Waals surface area contributed by atoms with Gasteiger partial charge < -0.3 is 15.4 Å². The summed E-state index contributed by atoms with van der Waals surface area (Å²) in [5.41, 5.74) is 7.57. The molecule has 3 amide bonds. The average Bonchev–Trinajstić information content (AvgIpc) is 2.77. The Morgan fingerprint density at radius 3 is 2.76 bits per heavy atom. The monoisotopic (exact) mass is 289 g/mol. The van der Waals surface area contributed by atoms with Crippen LogP contribution in [0.3, 0.4) is 0 Å². The third-order valence-electron chi connectivity index (χ3n) is 3.90. The minimum absolute atomic E-state index is 0.231. The van der Waals surface area contributed by atoms with E-state index in [2.05, 4.69) is 5.32 Å². The molecular weight excluding hydrogens is 274 g/mol. The van der Waals surface area contributed by atoms with Crippen molar-refractivity contribution in [3.05, 3.63) is 23.3 Å². The summed E-state index contributed by atoms with van der Waals surface area (Å²) in [5.74, 6) is -0.491. The van der Waals surface area contributed by atoms with Crippen LogP contribution in [0.4, 0.5) is 5.69 Å². The highest BCUT2D eigenvalue weighted by Gasteiger charge is 2.39. The SMILES string of the molecule is COc1cc(N)c2c(c1)C(=O)N(C1CCC(=O)NC1=O)C2. The van der Waals surface area contributed by atoms with E-state index in [0.717, 1.165) is 0 Å². The van der Waals surface area contributed by atoms with E-state index >= 15 is 0 Å². The number of hydrogen-bond donors (Lipinski definition) is 2. The fraction of sp³-hybridized carbons (Fsp3) is 0.357. The lowest BCUT2D eigenvalue weighted by Gasteiger charge is -2.29. The molecule has 0 aliphatic carbocycles. The van der Waals surface area contributed by atoms with Gasteiger partial charge >= 0.3 is 0 Å². The van der Waals surface area contributed by atoms with Crippen molar-refractivity contribution in [2.45, 2.75) is 25.4 Å². The topological polar surface area (TPSA) is 102 Å². The molecule has 110 valence electrons. The normalized spacial score (nSPS) is 21.3. The van der Waals surface area contributed by atoms with Crippen LogP contribution in [0.1, 0.15) is 28.8 Å². The van der Waals surface area contributed by atoms with Gasteiger partial charge in [-0.05, 0) is 12.5 Å². The summed E-state index contributed by atoms with van der Waals surface area (Å²) < 4.78 is 5.11. The van der Waals surface area contributed by atoms with E-state index in [1.807, 2.05) is 0 Å². The Bertz CT molecular complexity index is 656. The Morgan fingerprint density at radius 1 is 1.33 bits per heavy atom. The van der Waals surface area contributed by atoms with E-state index in [1.54, 1.807) is 12.1 Å². The number of nitrogen functional groups attached to an aromatic ring is 1. The molecule has 0 saturated carbocycles. The molecule has 1 fully saturated rings. The highest BCUT2D eigenvalue weighted by Crippen LogP contribution is 2.34. The van der Waals surface area contributed by atoms with Crippen LogP contribution >= 0.6 is 0 Å². The van der Waals surface area contributed by atoms with Gasteiger partial charge in [0.2, 0.25) is 11.8 Å². The first-order valence-corrected chi connectivity index (χ1v) is 6.62. The number of carbonyl (C=O) groups excluding carboxylic acids is 3. The second-order valence-electron chi connectivity index (χ2n) is 5.14. The highest BCUT2D eigenvalue weighted by molar-refractivity contribution is 6.06. The fourth-order valence-electron chi connectivity index (χ4n) is 2.78. The molecule has 1 saturated heterocycles. The summed E-state index contributed by atoms with van der Waals surface area (Å²) in [5, 5.41) is 2.26. The van der Waals surface area contributed by atoms with Gasteiger partial charge in [0, 0.05) is 30.3 Å². The number of carbonyl (C=O) groups is 3. The van der Waals surface area contributed by atoms with Gasteiger partial charge in [-0.3, -0.25) is 19.7 Å². The number of rotatable bonds is 2. The van der Waals surface area contributed by atoms with Crippen LogP contribution in [0.25, 0.3) is 0 Å². The van der Waals surface area contributed by atoms with E-state index in [-0.39, 0.29) is 24.8 Å². The number of ether oxygens (including phenoxy) is 1. The molecule has 3 rings (SSSR count). The van der Waals surface area contributed by atoms with Crippen molar-refractivity contribution >= 4 is 23.4 Å². The van der Waals surface area contributed by atoms with Gasteiger partial charge in [-0.25, -0.2) is 0 Å². The summed E-state index contributed by atoms with van der Waals surface area (Å²) in [4.78, 5) is 37.1. The molecule has 21 heavy (non-hydrogen) atoms. The number of benzene rings is 1. The molecule has 0 radical (unpaired) electrons. The predicted molar refractivity (Wildman–Crippen MR) is 73.5 cm³/mol. The Labute approximate surface area is 121 Å². The first kappa shape index (κ1) is 13.4. The minimum Gasteiger partial charge on any atom is -0.497 e. The van der Waals surface area contributed by atoms with E-state index in [9.17, 15) is 14.4 Å². The zero-order chi connectivity index (χ0) is 15.1. The van der Waals surface area contributed by atoms with Crippen LogP contribution in [0.5, 0.6) is 5.75 Å². The summed E-state index contributed by atoms with van der Waals surface area (Å²) in [7, 11) is 1.50. The molecule has 2 aliphatic rings. The van der Waals surface area contributed by atoms with Crippen molar-refractivity contribution in [2.75, 3.05) is 12.8 Å². The quantitative estimate of drug-likeness (QED) is 0.591. The molecule has 1 aromatic carbocycles. The summed E-state index contributed by atoms with van der Waals surface area (Å²) in [6.45, 7) is 0.274. The van der Waals surface area contributed by atoms with Crippen LogP contribution in [0.15, 0.2) is 12.1 Å². The molecule has 1 aromatic rings. The summed E-state index contributed by atoms with van der Waals surface area (Å²) >= 11 is 0. The number of hydrogen-bond acceptors (Lipinski definition) is 5. The first-order chi connectivity index (χ1) is 10.0. The molecule has 2 aliphatic heterocycles. The lowest BCUT2D eigenvalue weighted by molar-refractivity contribution is -0.136. The molecule has 0 aromatic heterocycles. The molecule has 7 nitrogen and oxygen atoms in total. The number of amides is 3. The van der Waals surface area contributed by atoms with Crippen LogP contribution < -0.4 is 15.8 Å². The number of piperidine rings is 1. The molecule has 0 bridgehead atoms. The minimum atomic E-state index is -0.631. The molecule has 1 atom stereocenters. The van der Waals surface area contributed by atoms with E-state index in [4.69, 9.17) is 10.5 Å². The van der Waals surface area contributed by atoms with Crippen molar-refractivity contribution < 1.29 is 19.1 Å². The predicted octanol–water partition coefficient (Wildman–Crippen LogP) is 0.0384. The van der Waals surface area contributed by atoms with Crippen LogP contribution in [-0.2, 0) is 16.1 Å². The van der Waals surface area contributed by atoms with Crippen LogP contribution in [-0.4, -0.2) is 35.8 Å². The molecule has 1 unspecified atom stereocenters. The average molecular weight is 289 g/mol. The van der Waals surface area contributed by atoms with Crippen LogP contribution in [0.2, 0.25) is 0 Å². The fourth-order valence-corrected chi connectivity index (χ4v) is 2.78. The molecule has 7 heteroatoms. The Kier molecular flexibility index (Phi) is 3.04. The van der Waals surface area contributed by atoms with E-state index in [1.165, 1.54) is 12.0 Å². The number of nitrogens with one attached hydrogen (secondary N) is 1. The molecule has 3 N–H and O–H groups in total. The Morgan fingerprint density at radius 2 is 2.10 bits per heavy atom. The Hall–Kier alpha value is -2.57. The van der Waals surface area contributed by atoms with Gasteiger partial charge in [-0.1, -0.05) is 0 Å². The number of nitrogens with zero attached hydrogens (tertiary/aromatic N) is 1. The smallest absolute Gasteiger partial charge is 0.255 e. The number of fused-ring (bicyclic) bond motifs is 1. The third-order valence-corrected chi connectivity index (χ3v) is 3.90. The first-order valence-electron chi connectivity index (χ1n) is 6.62. The lowest BCUT2D eigenvalue weighted by Crippen LogP contribution is -2.52. The number of nitrogens with two attached hydrogens (primary N) is 1. The second-order valence-corrected chi connectivity index (χ2v) is 5.14. The number of anilines is 1. The third kappa shape index (κ3) is 2.10. The van der Waals surface area contributed by atoms with Crippen LogP contribution in [0, 0.1) is 0 Å². The van der Waals surface area contributed by atoms with Crippen molar-refractivity contribution in [1.82, 2.24) is 10.2 Å². The summed E-state index contributed by atoms with van der Waals surface area (Å²) in [6, 6.07) is 2.65. The number of imide groups is 1. The van der Waals surface area contributed by atoms with Gasteiger partial charge in [0.1, 0.15) is 11.8 Å². The van der Waals surface area contributed by atoms with Gasteiger partial charge in [-0.15, -0.1) is 0 Å². The lowest BCUT2D eigenvalue weighted by atomic mass is 10.0. The zero-order valence-electron chi connectivity index (χ0n) is 11.5. The Balaban J connectivity index is 1.92. The summed E-state index contributed by atoms with van der Waals surface area (Å²) in [6.07, 6.45) is 0.566. The van der Waals surface area contributed by atoms with Crippen molar-refractivity contribution in [1.29, 1.82) is 0 Å². The molecule has 2 heterocycles. The van der Waals surface area contributed by atoms with Gasteiger partial charge in [0.15, 0.2) is 0 Å².